The molecule has 0 bridgehead atoms. The number of benzene rings is 2. The molecule has 0 spiro atoms. The number of carbonyl (C=O) groups is 2. The summed E-state index contributed by atoms with van der Waals surface area (Å²) in [7, 11) is 0. The Labute approximate surface area is 287 Å². The highest BCUT2D eigenvalue weighted by Crippen LogP contribution is 2.23. The number of aromatic carboxylic acids is 1. The molecule has 6 rings (SSSR count). The first kappa shape index (κ1) is 34.7. The summed E-state index contributed by atoms with van der Waals surface area (Å²) in [6.45, 7) is 7.41. The second-order valence-electron chi connectivity index (χ2n) is 10.7. The van der Waals surface area contributed by atoms with E-state index in [-0.39, 0.29) is 5.56 Å². The van der Waals surface area contributed by atoms with Crippen LogP contribution in [0, 0.1) is 0 Å². The number of anilines is 6. The van der Waals surface area contributed by atoms with Crippen LogP contribution in [0.2, 0.25) is 0 Å². The smallest absolute Gasteiger partial charge is 0.343 e. The summed E-state index contributed by atoms with van der Waals surface area (Å²) in [4.78, 5) is 40.3. The molecule has 0 atom stereocenters. The van der Waals surface area contributed by atoms with Crippen molar-refractivity contribution in [2.24, 2.45) is 0 Å². The molecule has 0 aliphatic rings. The van der Waals surface area contributed by atoms with Gasteiger partial charge in [-0.3, -0.25) is 0 Å². The summed E-state index contributed by atoms with van der Waals surface area (Å²) in [6.07, 6.45) is 11.3. The Bertz CT molecular complexity index is 2100. The van der Waals surface area contributed by atoms with E-state index >= 15 is 0 Å². The maximum atomic E-state index is 12.1. The fourth-order valence-electron chi connectivity index (χ4n) is 4.56. The molecule has 4 aromatic heterocycles. The summed E-state index contributed by atoms with van der Waals surface area (Å²) in [5, 5.41) is 40.9. The number of carboxylic acid groups (broad SMARTS) is 1. The number of carboxylic acids is 1. The number of nitrogens with zero attached hydrogens (tertiary/aromatic N) is 8. The van der Waals surface area contributed by atoms with Crippen molar-refractivity contribution < 1.29 is 19.4 Å². The molecule has 50 heavy (non-hydrogen) atoms. The molecular weight excluding hydrogens is 640 g/mol. The van der Waals surface area contributed by atoms with Crippen molar-refractivity contribution in [3.63, 3.8) is 0 Å². The molecule has 0 saturated heterocycles. The minimum Gasteiger partial charge on any atom is -0.477 e. The molecule has 16 heteroatoms. The summed E-state index contributed by atoms with van der Waals surface area (Å²) < 4.78 is 5.06. The molecule has 6 aromatic rings. The van der Waals surface area contributed by atoms with Crippen LogP contribution in [0.5, 0.6) is 0 Å². The van der Waals surface area contributed by atoms with E-state index in [1.165, 1.54) is 12.4 Å². The zero-order valence-corrected chi connectivity index (χ0v) is 27.7. The lowest BCUT2D eigenvalue weighted by Gasteiger charge is -2.12. The average molecular weight is 677 g/mol. The zero-order valence-electron chi connectivity index (χ0n) is 27.7. The van der Waals surface area contributed by atoms with Crippen LogP contribution < -0.4 is 21.3 Å². The van der Waals surface area contributed by atoms with Gasteiger partial charge in [0.2, 0.25) is 11.9 Å². The molecule has 0 unspecified atom stereocenters. The van der Waals surface area contributed by atoms with Crippen molar-refractivity contribution >= 4 is 68.4 Å². The highest BCUT2D eigenvalue weighted by atomic mass is 16.5. The first-order valence-corrected chi connectivity index (χ1v) is 16.0. The Hall–Kier alpha value is -6.58. The minimum absolute atomic E-state index is 0.0442. The predicted octanol–water partition coefficient (Wildman–Crippen LogP) is 5.85. The molecule has 0 fully saturated rings. The van der Waals surface area contributed by atoms with E-state index in [4.69, 9.17) is 4.74 Å². The second kappa shape index (κ2) is 17.0. The van der Waals surface area contributed by atoms with E-state index in [9.17, 15) is 14.7 Å². The van der Waals surface area contributed by atoms with E-state index in [2.05, 4.69) is 61.6 Å². The van der Waals surface area contributed by atoms with Gasteiger partial charge < -0.3 is 31.1 Å². The van der Waals surface area contributed by atoms with E-state index < -0.39 is 11.9 Å². The van der Waals surface area contributed by atoms with Crippen LogP contribution in [0.3, 0.4) is 0 Å². The van der Waals surface area contributed by atoms with Crippen LogP contribution in [0.15, 0.2) is 73.6 Å². The van der Waals surface area contributed by atoms with Gasteiger partial charge in [0.05, 0.1) is 31.4 Å². The molecule has 5 N–H and O–H groups in total. The van der Waals surface area contributed by atoms with Crippen molar-refractivity contribution in [3.05, 3.63) is 84.7 Å². The van der Waals surface area contributed by atoms with Crippen molar-refractivity contribution in [1.29, 1.82) is 0 Å². The maximum absolute atomic E-state index is 12.1. The van der Waals surface area contributed by atoms with Gasteiger partial charge in [-0.2, -0.15) is 30.4 Å². The molecule has 256 valence electrons. The van der Waals surface area contributed by atoms with Gasteiger partial charge in [-0.15, -0.1) is 0 Å². The number of esters is 1. The van der Waals surface area contributed by atoms with Crippen LogP contribution in [0.25, 0.3) is 21.5 Å². The van der Waals surface area contributed by atoms with Crippen molar-refractivity contribution in [2.75, 3.05) is 41.0 Å². The molecule has 16 nitrogen and oxygen atoms in total. The van der Waals surface area contributed by atoms with Crippen LogP contribution in [-0.4, -0.2) is 77.1 Å². The third-order valence-electron chi connectivity index (χ3n) is 6.99. The SMILES string of the molecule is CCCNc1nc(Nc2ccc3cnncc3c2)ncc1C(=O)O.CCCNc1nc(Nc2ccc3cnncc3c2)ncc1C(=O)OCC. The summed E-state index contributed by atoms with van der Waals surface area (Å²) in [5.74, 6) is -0.0488. The standard InChI is InChI=1S/C18H20N6O2.C16H16N6O2/c1-3-7-19-16-15(17(25)26-4-2)11-20-18(24-16)23-14-6-5-12-9-21-22-10-13(12)8-14;1-2-5-17-14-13(15(23)24)9-18-16(22-14)21-12-4-3-10-7-19-20-8-11(10)6-12/h5-6,8-11H,3-4,7H2,1-2H3,(H2,19,20,23,24);3-4,6-9H,2,5H2,1H3,(H,23,24)(H2,17,18,21,22). The summed E-state index contributed by atoms with van der Waals surface area (Å²) in [5.41, 5.74) is 1.96. The lowest BCUT2D eigenvalue weighted by molar-refractivity contribution is 0.0526. The van der Waals surface area contributed by atoms with Crippen molar-refractivity contribution in [1.82, 2.24) is 40.3 Å². The number of aromatic nitrogens is 8. The highest BCUT2D eigenvalue weighted by molar-refractivity contribution is 5.95. The summed E-state index contributed by atoms with van der Waals surface area (Å²) in [6, 6.07) is 11.5. The number of fused-ring (bicyclic) bond motifs is 2. The highest BCUT2D eigenvalue weighted by Gasteiger charge is 2.16. The number of rotatable bonds is 13. The van der Waals surface area contributed by atoms with E-state index in [1.807, 2.05) is 50.2 Å². The lowest BCUT2D eigenvalue weighted by atomic mass is 10.2. The molecule has 2 aromatic carbocycles. The fraction of sp³-hybridized carbons (Fsp3) is 0.235. The Morgan fingerprint density at radius 3 is 1.56 bits per heavy atom. The number of hydrogen-bond acceptors (Lipinski definition) is 15. The fourth-order valence-corrected chi connectivity index (χ4v) is 4.56. The molecule has 0 radical (unpaired) electrons. The van der Waals surface area contributed by atoms with E-state index in [1.54, 1.807) is 31.7 Å². The van der Waals surface area contributed by atoms with Crippen molar-refractivity contribution in [3.8, 4) is 0 Å². The number of hydrogen-bond donors (Lipinski definition) is 5. The zero-order chi connectivity index (χ0) is 35.3. The minimum atomic E-state index is -1.07. The van der Waals surface area contributed by atoms with Crippen LogP contribution in [0.4, 0.5) is 34.9 Å². The lowest BCUT2D eigenvalue weighted by Crippen LogP contribution is -2.13. The topological polar surface area (TPSA) is 215 Å². The molecule has 0 aliphatic carbocycles. The first-order chi connectivity index (χ1) is 24.4. The van der Waals surface area contributed by atoms with E-state index in [0.29, 0.717) is 48.8 Å². The van der Waals surface area contributed by atoms with Gasteiger partial charge >= 0.3 is 11.9 Å². The van der Waals surface area contributed by atoms with Gasteiger partial charge in [0.15, 0.2) is 0 Å². The molecule has 0 amide bonds. The predicted molar refractivity (Wildman–Crippen MR) is 190 cm³/mol. The van der Waals surface area contributed by atoms with Gasteiger partial charge in [-0.05, 0) is 44.0 Å². The molecule has 4 heterocycles. The Kier molecular flexibility index (Phi) is 11.8. The van der Waals surface area contributed by atoms with Gasteiger partial charge in [0.25, 0.3) is 0 Å². The van der Waals surface area contributed by atoms with Gasteiger partial charge in [0, 0.05) is 58.4 Å². The largest absolute Gasteiger partial charge is 0.477 e. The normalized spacial score (nSPS) is 10.5. The van der Waals surface area contributed by atoms with Crippen LogP contribution in [-0.2, 0) is 4.74 Å². The third-order valence-corrected chi connectivity index (χ3v) is 6.99. The number of carbonyl (C=O) groups excluding carboxylic acids is 1. The van der Waals surface area contributed by atoms with Gasteiger partial charge in [-0.1, -0.05) is 26.0 Å². The molecular formula is C34H36N12O4. The first-order valence-electron chi connectivity index (χ1n) is 16.0. The Balaban J connectivity index is 0.000000195. The Morgan fingerprint density at radius 1 is 0.640 bits per heavy atom. The third kappa shape index (κ3) is 9.06. The molecule has 0 saturated carbocycles. The summed E-state index contributed by atoms with van der Waals surface area (Å²) >= 11 is 0. The van der Waals surface area contributed by atoms with E-state index in [0.717, 1.165) is 45.8 Å². The number of nitrogens with one attached hydrogen (secondary N) is 4. The van der Waals surface area contributed by atoms with Gasteiger partial charge in [-0.25, -0.2) is 19.6 Å². The van der Waals surface area contributed by atoms with Crippen LogP contribution >= 0.6 is 0 Å². The van der Waals surface area contributed by atoms with Crippen molar-refractivity contribution in [2.45, 2.75) is 33.6 Å². The monoisotopic (exact) mass is 676 g/mol. The number of ether oxygens (including phenoxy) is 1. The second-order valence-corrected chi connectivity index (χ2v) is 10.7. The molecule has 0 aliphatic heterocycles. The Morgan fingerprint density at radius 2 is 1.10 bits per heavy atom. The van der Waals surface area contributed by atoms with Crippen LogP contribution in [0.1, 0.15) is 54.3 Å². The quantitative estimate of drug-likeness (QED) is 0.0907. The average Bonchev–Trinajstić information content (AvgIpc) is 3.13. The maximum Gasteiger partial charge on any atom is 0.343 e. The van der Waals surface area contributed by atoms with Gasteiger partial charge in [0.1, 0.15) is 22.8 Å².